The molecular weight excluding hydrogens is 176 g/mol. The number of hydrogen-bond acceptors (Lipinski definition) is 3. The Hall–Kier alpha value is -1.78. The quantitative estimate of drug-likeness (QED) is 0.669. The van der Waals surface area contributed by atoms with Crippen LogP contribution in [0.1, 0.15) is 5.76 Å². The van der Waals surface area contributed by atoms with Gasteiger partial charge in [-0.25, -0.2) is 0 Å². The number of carboxylic acids is 2. The molecule has 0 aliphatic carbocycles. The summed E-state index contributed by atoms with van der Waals surface area (Å²) in [5.74, 6) is -3.80. The molecule has 0 atom stereocenters. The Morgan fingerprint density at radius 1 is 1.38 bits per heavy atom. The number of hydrogen-bond donors (Lipinski definition) is 2. The first-order valence-corrected chi connectivity index (χ1v) is 3.59. The number of rotatable bonds is 4. The maximum absolute atomic E-state index is 10.4. The van der Waals surface area contributed by atoms with E-state index in [1.165, 1.54) is 6.26 Å². The van der Waals surface area contributed by atoms with Crippen LogP contribution in [0.15, 0.2) is 22.8 Å². The van der Waals surface area contributed by atoms with Crippen LogP contribution < -0.4 is 0 Å². The zero-order valence-electron chi connectivity index (χ0n) is 6.64. The highest BCUT2D eigenvalue weighted by atomic mass is 16.4. The third-order valence-corrected chi connectivity index (χ3v) is 1.58. The molecule has 0 spiro atoms. The lowest BCUT2D eigenvalue weighted by Crippen LogP contribution is -2.25. The number of furan rings is 1. The molecule has 0 amide bonds. The Morgan fingerprint density at radius 3 is 2.38 bits per heavy atom. The minimum Gasteiger partial charge on any atom is -0.481 e. The summed E-state index contributed by atoms with van der Waals surface area (Å²) in [5, 5.41) is 17.0. The Morgan fingerprint density at radius 2 is 2.00 bits per heavy atom. The Kier molecular flexibility index (Phi) is 2.69. The fourth-order valence-electron chi connectivity index (χ4n) is 0.910. The van der Waals surface area contributed by atoms with Crippen LogP contribution in [0, 0.1) is 5.92 Å². The lowest BCUT2D eigenvalue weighted by atomic mass is 10.1. The van der Waals surface area contributed by atoms with E-state index in [0.29, 0.717) is 5.76 Å². The van der Waals surface area contributed by atoms with Crippen molar-refractivity contribution in [2.75, 3.05) is 0 Å². The number of carbonyl (C=O) groups is 2. The lowest BCUT2D eigenvalue weighted by molar-refractivity contribution is -0.154. The summed E-state index contributed by atoms with van der Waals surface area (Å²) < 4.78 is 4.84. The van der Waals surface area contributed by atoms with Gasteiger partial charge in [0.05, 0.1) is 6.26 Å². The first-order valence-electron chi connectivity index (χ1n) is 3.59. The second-order valence-corrected chi connectivity index (χ2v) is 2.51. The molecule has 1 aromatic rings. The Balaban J connectivity index is 2.69. The topological polar surface area (TPSA) is 87.7 Å². The van der Waals surface area contributed by atoms with E-state index in [1.54, 1.807) is 12.1 Å². The van der Waals surface area contributed by atoms with E-state index in [2.05, 4.69) is 0 Å². The summed E-state index contributed by atoms with van der Waals surface area (Å²) in [6, 6.07) is 3.12. The van der Waals surface area contributed by atoms with E-state index in [4.69, 9.17) is 14.6 Å². The number of carboxylic acid groups (broad SMARTS) is 2. The van der Waals surface area contributed by atoms with Crippen molar-refractivity contribution >= 4 is 11.9 Å². The molecule has 1 aromatic heterocycles. The molecule has 0 fully saturated rings. The molecule has 5 heteroatoms. The van der Waals surface area contributed by atoms with Gasteiger partial charge in [-0.15, -0.1) is 0 Å². The molecule has 0 aliphatic heterocycles. The molecule has 5 nitrogen and oxygen atoms in total. The van der Waals surface area contributed by atoms with Gasteiger partial charge in [0.2, 0.25) is 0 Å². The van der Waals surface area contributed by atoms with Crippen LogP contribution in [-0.2, 0) is 16.0 Å². The molecule has 0 radical (unpaired) electrons. The molecule has 0 aliphatic rings. The average molecular weight is 184 g/mol. The molecule has 1 rings (SSSR count). The van der Waals surface area contributed by atoms with Gasteiger partial charge in [0.15, 0.2) is 5.92 Å². The Labute approximate surface area is 73.6 Å². The van der Waals surface area contributed by atoms with Crippen LogP contribution in [0.25, 0.3) is 0 Å². The third-order valence-electron chi connectivity index (χ3n) is 1.58. The van der Waals surface area contributed by atoms with Crippen molar-refractivity contribution in [2.45, 2.75) is 6.42 Å². The summed E-state index contributed by atoms with van der Waals surface area (Å²) in [6.07, 6.45) is 1.24. The summed E-state index contributed by atoms with van der Waals surface area (Å²) in [7, 11) is 0. The van der Waals surface area contributed by atoms with E-state index in [1.807, 2.05) is 0 Å². The predicted octanol–water partition coefficient (Wildman–Crippen LogP) is 0.608. The third kappa shape index (κ3) is 2.33. The molecule has 1 heterocycles. The first kappa shape index (κ1) is 9.31. The average Bonchev–Trinajstić information content (AvgIpc) is 2.50. The van der Waals surface area contributed by atoms with Gasteiger partial charge in [-0.05, 0) is 12.1 Å². The summed E-state index contributed by atoms with van der Waals surface area (Å²) in [4.78, 5) is 20.9. The van der Waals surface area contributed by atoms with Crippen molar-refractivity contribution in [3.8, 4) is 0 Å². The van der Waals surface area contributed by atoms with Crippen molar-refractivity contribution in [3.63, 3.8) is 0 Å². The van der Waals surface area contributed by atoms with Crippen LogP contribution >= 0.6 is 0 Å². The smallest absolute Gasteiger partial charge is 0.318 e. The van der Waals surface area contributed by atoms with Crippen molar-refractivity contribution in [1.29, 1.82) is 0 Å². The molecule has 70 valence electrons. The second-order valence-electron chi connectivity index (χ2n) is 2.51. The van der Waals surface area contributed by atoms with Crippen LogP contribution in [-0.4, -0.2) is 22.2 Å². The number of aliphatic carboxylic acids is 2. The van der Waals surface area contributed by atoms with Crippen LogP contribution in [0.5, 0.6) is 0 Å². The monoisotopic (exact) mass is 184 g/mol. The summed E-state index contributed by atoms with van der Waals surface area (Å²) in [5.41, 5.74) is 0. The van der Waals surface area contributed by atoms with E-state index >= 15 is 0 Å². The molecule has 0 bridgehead atoms. The van der Waals surface area contributed by atoms with E-state index in [-0.39, 0.29) is 6.42 Å². The second kappa shape index (κ2) is 3.75. The van der Waals surface area contributed by atoms with Gasteiger partial charge < -0.3 is 14.6 Å². The van der Waals surface area contributed by atoms with Gasteiger partial charge >= 0.3 is 11.9 Å². The van der Waals surface area contributed by atoms with Gasteiger partial charge in [-0.1, -0.05) is 0 Å². The summed E-state index contributed by atoms with van der Waals surface area (Å²) >= 11 is 0. The summed E-state index contributed by atoms with van der Waals surface area (Å²) in [6.45, 7) is 0. The first-order chi connectivity index (χ1) is 6.11. The van der Waals surface area contributed by atoms with Crippen molar-refractivity contribution in [3.05, 3.63) is 24.2 Å². The maximum atomic E-state index is 10.4. The molecule has 0 saturated carbocycles. The van der Waals surface area contributed by atoms with E-state index in [0.717, 1.165) is 0 Å². The molecule has 13 heavy (non-hydrogen) atoms. The van der Waals surface area contributed by atoms with E-state index in [9.17, 15) is 9.59 Å². The maximum Gasteiger partial charge on any atom is 0.318 e. The van der Waals surface area contributed by atoms with Crippen molar-refractivity contribution < 1.29 is 24.2 Å². The van der Waals surface area contributed by atoms with Gasteiger partial charge in [0, 0.05) is 6.42 Å². The molecule has 0 unspecified atom stereocenters. The SMILES string of the molecule is O=C(O)C(Cc1ccco1)C(=O)O. The van der Waals surface area contributed by atoms with E-state index < -0.39 is 17.9 Å². The fraction of sp³-hybridized carbons (Fsp3) is 0.250. The highest BCUT2D eigenvalue weighted by Crippen LogP contribution is 2.09. The van der Waals surface area contributed by atoms with Gasteiger partial charge in [0.25, 0.3) is 0 Å². The van der Waals surface area contributed by atoms with Crippen molar-refractivity contribution in [2.24, 2.45) is 5.92 Å². The predicted molar refractivity (Wildman–Crippen MR) is 41.2 cm³/mol. The minimum absolute atomic E-state index is 0.127. The molecule has 0 saturated heterocycles. The van der Waals surface area contributed by atoms with Crippen LogP contribution in [0.2, 0.25) is 0 Å². The van der Waals surface area contributed by atoms with Gasteiger partial charge in [-0.3, -0.25) is 9.59 Å². The fourth-order valence-corrected chi connectivity index (χ4v) is 0.910. The molecular formula is C8H8O5. The Bertz CT molecular complexity index is 286. The van der Waals surface area contributed by atoms with Gasteiger partial charge in [0.1, 0.15) is 5.76 Å². The molecule has 2 N–H and O–H groups in total. The highest BCUT2D eigenvalue weighted by Gasteiger charge is 2.26. The van der Waals surface area contributed by atoms with Crippen molar-refractivity contribution in [1.82, 2.24) is 0 Å². The normalized spacial score (nSPS) is 10.2. The highest BCUT2D eigenvalue weighted by molar-refractivity contribution is 5.93. The zero-order chi connectivity index (χ0) is 9.84. The minimum atomic E-state index is -1.44. The lowest BCUT2D eigenvalue weighted by Gasteiger charge is -2.03. The van der Waals surface area contributed by atoms with Gasteiger partial charge in [-0.2, -0.15) is 0 Å². The van der Waals surface area contributed by atoms with Crippen LogP contribution in [0.3, 0.4) is 0 Å². The standard InChI is InChI=1S/C8H8O5/c9-7(10)6(8(11)12)4-5-2-1-3-13-5/h1-3,6H,4H2,(H,9,10)(H,11,12). The zero-order valence-corrected chi connectivity index (χ0v) is 6.64. The van der Waals surface area contributed by atoms with Crippen LogP contribution in [0.4, 0.5) is 0 Å². The molecule has 0 aromatic carbocycles. The largest absolute Gasteiger partial charge is 0.481 e.